The normalized spacial score (nSPS) is 10.4. The van der Waals surface area contributed by atoms with Gasteiger partial charge in [-0.2, -0.15) is 5.10 Å². The fourth-order valence-electron chi connectivity index (χ4n) is 2.12. The van der Waals surface area contributed by atoms with Crippen LogP contribution in [0.1, 0.15) is 15.9 Å². The van der Waals surface area contributed by atoms with E-state index in [9.17, 15) is 9.59 Å². The number of carbonyl (C=O) groups excluding carboxylic acids is 2. The minimum atomic E-state index is -0.551. The zero-order valence-electron chi connectivity index (χ0n) is 15.5. The summed E-state index contributed by atoms with van der Waals surface area (Å²) in [5, 5.41) is 4.12. The molecule has 0 aliphatic rings. The van der Waals surface area contributed by atoms with Crippen LogP contribution in [0.3, 0.4) is 0 Å². The van der Waals surface area contributed by atoms with Crippen LogP contribution in [-0.4, -0.2) is 46.0 Å². The first kappa shape index (κ1) is 21.0. The second-order valence-corrected chi connectivity index (χ2v) is 5.73. The molecular weight excluding hydrogens is 388 g/mol. The average Bonchev–Trinajstić information content (AvgIpc) is 2.72. The Hall–Kier alpha value is -3.26. The summed E-state index contributed by atoms with van der Waals surface area (Å²) in [5.74, 6) is 0.226. The van der Waals surface area contributed by atoms with Gasteiger partial charge in [0.1, 0.15) is 5.75 Å². The molecule has 9 heteroatoms. The summed E-state index contributed by atoms with van der Waals surface area (Å²) in [5.41, 5.74) is 3.41. The summed E-state index contributed by atoms with van der Waals surface area (Å²) in [6, 6.07) is 9.75. The number of methoxy groups -OCH3 is 3. The van der Waals surface area contributed by atoms with Gasteiger partial charge in [-0.15, -0.1) is 0 Å². The highest BCUT2D eigenvalue weighted by Crippen LogP contribution is 2.36. The van der Waals surface area contributed by atoms with Crippen molar-refractivity contribution in [2.45, 2.75) is 0 Å². The van der Waals surface area contributed by atoms with Crippen molar-refractivity contribution in [1.82, 2.24) is 5.43 Å². The average molecular weight is 407 g/mol. The standard InChI is InChI=1S/C19H19ClN2O6/c1-25-14-6-4-13(5-7-14)19(24)22-21-10-12-8-15(20)18(16(9-12)26-2)28-11-17(23)27-3/h4-10H,11H2,1-3H3,(H,22,24)/b21-10-. The van der Waals surface area contributed by atoms with Crippen LogP contribution in [0.5, 0.6) is 17.2 Å². The maximum atomic E-state index is 12.1. The van der Waals surface area contributed by atoms with Crippen molar-refractivity contribution in [3.05, 3.63) is 52.5 Å². The van der Waals surface area contributed by atoms with E-state index >= 15 is 0 Å². The van der Waals surface area contributed by atoms with E-state index in [1.165, 1.54) is 20.4 Å². The van der Waals surface area contributed by atoms with Gasteiger partial charge >= 0.3 is 5.97 Å². The number of hydrazone groups is 1. The van der Waals surface area contributed by atoms with Crippen molar-refractivity contribution in [3.8, 4) is 17.2 Å². The number of hydrogen-bond acceptors (Lipinski definition) is 7. The third-order valence-corrected chi connectivity index (χ3v) is 3.83. The molecule has 0 bridgehead atoms. The number of amides is 1. The molecule has 1 amide bonds. The van der Waals surface area contributed by atoms with E-state index in [1.807, 2.05) is 0 Å². The van der Waals surface area contributed by atoms with Gasteiger partial charge in [0, 0.05) is 5.56 Å². The molecule has 0 aliphatic heterocycles. The predicted octanol–water partition coefficient (Wildman–Crippen LogP) is 2.67. The summed E-state index contributed by atoms with van der Waals surface area (Å²) in [4.78, 5) is 23.3. The lowest BCUT2D eigenvalue weighted by Crippen LogP contribution is -2.17. The molecule has 0 spiro atoms. The maximum absolute atomic E-state index is 12.1. The number of ether oxygens (including phenoxy) is 4. The van der Waals surface area contributed by atoms with Gasteiger partial charge in [-0.25, -0.2) is 10.2 Å². The SMILES string of the molecule is COC(=O)COc1c(Cl)cc(/C=N\NC(=O)c2ccc(OC)cc2)cc1OC. The van der Waals surface area contributed by atoms with Gasteiger partial charge in [0.05, 0.1) is 32.6 Å². The molecule has 0 atom stereocenters. The number of halogens is 1. The Bertz CT molecular complexity index is 867. The highest BCUT2D eigenvalue weighted by atomic mass is 35.5. The molecule has 2 rings (SSSR count). The Morgan fingerprint density at radius 2 is 1.82 bits per heavy atom. The number of nitrogens with zero attached hydrogens (tertiary/aromatic N) is 1. The van der Waals surface area contributed by atoms with Crippen LogP contribution in [0, 0.1) is 0 Å². The molecule has 0 aliphatic carbocycles. The Balaban J connectivity index is 2.07. The van der Waals surface area contributed by atoms with Crippen molar-refractivity contribution in [2.24, 2.45) is 5.10 Å². The molecule has 0 heterocycles. The Morgan fingerprint density at radius 3 is 2.43 bits per heavy atom. The third kappa shape index (κ3) is 5.62. The van der Waals surface area contributed by atoms with Gasteiger partial charge in [0.25, 0.3) is 5.91 Å². The molecule has 0 aromatic heterocycles. The number of esters is 1. The van der Waals surface area contributed by atoms with Crippen LogP contribution in [0.2, 0.25) is 5.02 Å². The Morgan fingerprint density at radius 1 is 1.11 bits per heavy atom. The van der Waals surface area contributed by atoms with Crippen molar-refractivity contribution in [3.63, 3.8) is 0 Å². The second-order valence-electron chi connectivity index (χ2n) is 5.33. The monoisotopic (exact) mass is 406 g/mol. The quantitative estimate of drug-likeness (QED) is 0.411. The number of carbonyl (C=O) groups is 2. The minimum Gasteiger partial charge on any atom is -0.497 e. The van der Waals surface area contributed by atoms with E-state index in [-0.39, 0.29) is 23.3 Å². The molecule has 2 aromatic rings. The highest BCUT2D eigenvalue weighted by molar-refractivity contribution is 6.32. The molecule has 8 nitrogen and oxygen atoms in total. The fourth-order valence-corrected chi connectivity index (χ4v) is 2.39. The summed E-state index contributed by atoms with van der Waals surface area (Å²) >= 11 is 6.19. The first-order valence-corrected chi connectivity index (χ1v) is 8.41. The molecule has 0 saturated heterocycles. The van der Waals surface area contributed by atoms with Crippen LogP contribution >= 0.6 is 11.6 Å². The number of rotatable bonds is 8. The van der Waals surface area contributed by atoms with Gasteiger partial charge in [0.15, 0.2) is 18.1 Å². The van der Waals surface area contributed by atoms with Gasteiger partial charge < -0.3 is 18.9 Å². The number of hydrogen-bond donors (Lipinski definition) is 1. The zero-order chi connectivity index (χ0) is 20.5. The van der Waals surface area contributed by atoms with Crippen LogP contribution in [0.4, 0.5) is 0 Å². The zero-order valence-corrected chi connectivity index (χ0v) is 16.3. The summed E-state index contributed by atoms with van der Waals surface area (Å²) in [6.07, 6.45) is 1.40. The van der Waals surface area contributed by atoms with Gasteiger partial charge in [-0.1, -0.05) is 11.6 Å². The summed E-state index contributed by atoms with van der Waals surface area (Å²) in [6.45, 7) is -0.308. The van der Waals surface area contributed by atoms with Crippen LogP contribution < -0.4 is 19.6 Å². The topological polar surface area (TPSA) is 95.5 Å². The minimum absolute atomic E-state index is 0.203. The van der Waals surface area contributed by atoms with Crippen molar-refractivity contribution in [1.29, 1.82) is 0 Å². The smallest absolute Gasteiger partial charge is 0.343 e. The van der Waals surface area contributed by atoms with Crippen LogP contribution in [0.15, 0.2) is 41.5 Å². The second kappa shape index (κ2) is 10.2. The van der Waals surface area contributed by atoms with E-state index < -0.39 is 5.97 Å². The predicted molar refractivity (Wildman–Crippen MR) is 104 cm³/mol. The molecule has 0 radical (unpaired) electrons. The Kier molecular flexibility index (Phi) is 7.65. The van der Waals surface area contributed by atoms with E-state index in [0.29, 0.717) is 22.6 Å². The van der Waals surface area contributed by atoms with Crippen molar-refractivity contribution >= 4 is 29.7 Å². The first-order chi connectivity index (χ1) is 13.5. The van der Waals surface area contributed by atoms with Gasteiger partial charge in [-0.3, -0.25) is 4.79 Å². The third-order valence-electron chi connectivity index (χ3n) is 3.55. The molecule has 2 aromatic carbocycles. The van der Waals surface area contributed by atoms with Crippen LogP contribution in [0.25, 0.3) is 0 Å². The molecule has 0 saturated carbocycles. The highest BCUT2D eigenvalue weighted by Gasteiger charge is 2.13. The molecule has 0 unspecified atom stereocenters. The summed E-state index contributed by atoms with van der Waals surface area (Å²) < 4.78 is 20.1. The fraction of sp³-hybridized carbons (Fsp3) is 0.211. The lowest BCUT2D eigenvalue weighted by Gasteiger charge is -2.12. The lowest BCUT2D eigenvalue weighted by molar-refractivity contribution is -0.142. The molecule has 0 fully saturated rings. The first-order valence-electron chi connectivity index (χ1n) is 8.03. The van der Waals surface area contributed by atoms with Crippen molar-refractivity contribution in [2.75, 3.05) is 27.9 Å². The lowest BCUT2D eigenvalue weighted by atomic mass is 10.2. The molecule has 1 N–H and O–H groups in total. The number of nitrogens with one attached hydrogen (secondary N) is 1. The van der Waals surface area contributed by atoms with Gasteiger partial charge in [0.2, 0.25) is 0 Å². The molecule has 28 heavy (non-hydrogen) atoms. The van der Waals surface area contributed by atoms with Crippen molar-refractivity contribution < 1.29 is 28.5 Å². The largest absolute Gasteiger partial charge is 0.497 e. The van der Waals surface area contributed by atoms with E-state index in [4.69, 9.17) is 25.8 Å². The van der Waals surface area contributed by atoms with E-state index in [0.717, 1.165) is 0 Å². The summed E-state index contributed by atoms with van der Waals surface area (Å²) in [7, 11) is 4.23. The number of benzene rings is 2. The van der Waals surface area contributed by atoms with E-state index in [1.54, 1.807) is 43.5 Å². The Labute approximate surface area is 167 Å². The molecule has 148 valence electrons. The maximum Gasteiger partial charge on any atom is 0.343 e. The van der Waals surface area contributed by atoms with Gasteiger partial charge in [-0.05, 0) is 42.0 Å². The van der Waals surface area contributed by atoms with E-state index in [2.05, 4.69) is 15.3 Å². The molecular formula is C19H19ClN2O6. The van der Waals surface area contributed by atoms with Crippen LogP contribution in [-0.2, 0) is 9.53 Å².